The number of hydrogen-bond donors (Lipinski definition) is 1. The molecule has 11 heteroatoms. The van der Waals surface area contributed by atoms with Crippen LogP contribution in [0.5, 0.6) is 0 Å². The average molecular weight is 628 g/mol. The number of carbonyl (C=O) groups excluding carboxylic acids is 4. The summed E-state index contributed by atoms with van der Waals surface area (Å²) in [5.41, 5.74) is 2.44. The summed E-state index contributed by atoms with van der Waals surface area (Å²) in [4.78, 5) is 64.0. The van der Waals surface area contributed by atoms with Gasteiger partial charge in [0.05, 0.1) is 12.5 Å². The Balaban J connectivity index is 1.38. The standard InChI is InChI=1S/C35H41N5O6/c1-26-11-10-19-36-32(26)37-33(42)31-18-20-39(35(44)45-23-28-14-4-2-5-15-28)40(31)34(43)30(21-27-12-8-9-13-27)22-38(25-41)46-24-29-16-6-3-7-17-29/h2-7,10-11,14-17,19,25,27,30-31H,8-9,12-13,18,20-24H2,1H3,(H,36,37,42)/t30-,31+/m1/s1. The van der Waals surface area contributed by atoms with E-state index in [0.717, 1.165) is 47.4 Å². The molecule has 1 saturated carbocycles. The number of amides is 4. The number of aromatic nitrogens is 1. The zero-order valence-electron chi connectivity index (χ0n) is 26.1. The smallest absolute Gasteiger partial charge is 0.429 e. The van der Waals surface area contributed by atoms with Crippen molar-refractivity contribution >= 4 is 30.1 Å². The second kappa shape index (κ2) is 16.0. The van der Waals surface area contributed by atoms with Crippen LogP contribution >= 0.6 is 0 Å². The van der Waals surface area contributed by atoms with Gasteiger partial charge < -0.3 is 10.1 Å². The normalized spacial score (nSPS) is 17.0. The highest BCUT2D eigenvalue weighted by atomic mass is 16.7. The average Bonchev–Trinajstić information content (AvgIpc) is 3.77. The fraction of sp³-hybridized carbons (Fsp3) is 0.400. The summed E-state index contributed by atoms with van der Waals surface area (Å²) >= 11 is 0. The molecule has 0 radical (unpaired) electrons. The molecular weight excluding hydrogens is 586 g/mol. The number of hydrazine groups is 1. The van der Waals surface area contributed by atoms with Crippen molar-refractivity contribution < 1.29 is 28.8 Å². The van der Waals surface area contributed by atoms with Crippen LogP contribution in [0.2, 0.25) is 0 Å². The molecule has 1 saturated heterocycles. The van der Waals surface area contributed by atoms with Crippen LogP contribution in [0.25, 0.3) is 0 Å². The molecule has 4 amide bonds. The van der Waals surface area contributed by atoms with Crippen molar-refractivity contribution in [1.82, 2.24) is 20.1 Å². The Hall–Kier alpha value is -4.77. The minimum atomic E-state index is -0.987. The van der Waals surface area contributed by atoms with Gasteiger partial charge in [0.2, 0.25) is 12.3 Å². The number of nitrogens with one attached hydrogen (secondary N) is 1. The van der Waals surface area contributed by atoms with Gasteiger partial charge in [0.15, 0.2) is 0 Å². The first-order valence-corrected chi connectivity index (χ1v) is 15.9. The van der Waals surface area contributed by atoms with Crippen molar-refractivity contribution in [3.8, 4) is 0 Å². The zero-order valence-corrected chi connectivity index (χ0v) is 26.1. The van der Waals surface area contributed by atoms with Gasteiger partial charge in [-0.1, -0.05) is 92.4 Å². The summed E-state index contributed by atoms with van der Waals surface area (Å²) in [5, 5.41) is 6.44. The lowest BCUT2D eigenvalue weighted by molar-refractivity contribution is -0.185. The van der Waals surface area contributed by atoms with Gasteiger partial charge in [-0.2, -0.15) is 0 Å². The van der Waals surface area contributed by atoms with Gasteiger partial charge in [0.1, 0.15) is 25.1 Å². The Bertz CT molecular complexity index is 1470. The van der Waals surface area contributed by atoms with Crippen molar-refractivity contribution in [3.05, 3.63) is 95.7 Å². The van der Waals surface area contributed by atoms with Crippen LogP contribution in [0, 0.1) is 18.8 Å². The maximum Gasteiger partial charge on any atom is 0.429 e. The molecule has 2 atom stereocenters. The first-order valence-electron chi connectivity index (χ1n) is 15.9. The zero-order chi connectivity index (χ0) is 32.3. The highest BCUT2D eigenvalue weighted by Crippen LogP contribution is 2.33. The largest absolute Gasteiger partial charge is 0.443 e. The van der Waals surface area contributed by atoms with Crippen LogP contribution in [-0.4, -0.2) is 63.5 Å². The lowest BCUT2D eigenvalue weighted by Gasteiger charge is -2.35. The minimum absolute atomic E-state index is 0.0138. The second-order valence-corrected chi connectivity index (χ2v) is 11.9. The van der Waals surface area contributed by atoms with Crippen LogP contribution in [0.15, 0.2) is 79.0 Å². The van der Waals surface area contributed by atoms with E-state index in [1.165, 1.54) is 10.0 Å². The third kappa shape index (κ3) is 8.48. The summed E-state index contributed by atoms with van der Waals surface area (Å²) < 4.78 is 5.62. The molecule has 2 fully saturated rings. The summed E-state index contributed by atoms with van der Waals surface area (Å²) in [6, 6.07) is 21.3. The number of carbonyl (C=O) groups is 4. The third-order valence-electron chi connectivity index (χ3n) is 8.56. The minimum Gasteiger partial charge on any atom is -0.443 e. The van der Waals surface area contributed by atoms with E-state index in [0.29, 0.717) is 18.6 Å². The molecule has 2 aromatic carbocycles. The third-order valence-corrected chi connectivity index (χ3v) is 8.56. The van der Waals surface area contributed by atoms with Crippen molar-refractivity contribution in [2.75, 3.05) is 18.4 Å². The van der Waals surface area contributed by atoms with E-state index in [-0.39, 0.29) is 38.6 Å². The number of rotatable bonds is 13. The molecule has 11 nitrogen and oxygen atoms in total. The molecule has 46 heavy (non-hydrogen) atoms. The Labute approximate surface area is 269 Å². The number of hydroxylamine groups is 2. The fourth-order valence-electron chi connectivity index (χ4n) is 6.11. The fourth-order valence-corrected chi connectivity index (χ4v) is 6.11. The number of ether oxygens (including phenoxy) is 1. The number of aryl methyl sites for hydroxylation is 1. The van der Waals surface area contributed by atoms with Crippen molar-refractivity contribution in [3.63, 3.8) is 0 Å². The van der Waals surface area contributed by atoms with Gasteiger partial charge in [-0.05, 0) is 48.4 Å². The van der Waals surface area contributed by atoms with E-state index in [9.17, 15) is 19.2 Å². The molecule has 1 N–H and O–H groups in total. The van der Waals surface area contributed by atoms with Gasteiger partial charge in [0, 0.05) is 12.7 Å². The van der Waals surface area contributed by atoms with Gasteiger partial charge in [-0.25, -0.2) is 24.9 Å². The van der Waals surface area contributed by atoms with E-state index >= 15 is 0 Å². The van der Waals surface area contributed by atoms with Gasteiger partial charge >= 0.3 is 6.09 Å². The summed E-state index contributed by atoms with van der Waals surface area (Å²) in [6.45, 7) is 2.08. The lowest BCUT2D eigenvalue weighted by atomic mass is 9.92. The maximum atomic E-state index is 14.6. The predicted molar refractivity (Wildman–Crippen MR) is 170 cm³/mol. The number of hydrogen-bond acceptors (Lipinski definition) is 7. The Kier molecular flexibility index (Phi) is 11.3. The van der Waals surface area contributed by atoms with Crippen molar-refractivity contribution in [2.24, 2.45) is 11.8 Å². The summed E-state index contributed by atoms with van der Waals surface area (Å²) in [5.74, 6) is -0.955. The highest BCUT2D eigenvalue weighted by molar-refractivity contribution is 5.98. The van der Waals surface area contributed by atoms with Crippen LogP contribution in [0.3, 0.4) is 0 Å². The molecular formula is C35H41N5O6. The predicted octanol–water partition coefficient (Wildman–Crippen LogP) is 5.27. The lowest BCUT2D eigenvalue weighted by Crippen LogP contribution is -2.55. The van der Waals surface area contributed by atoms with E-state index in [1.807, 2.05) is 73.7 Å². The Morgan fingerprint density at radius 3 is 2.28 bits per heavy atom. The van der Waals surface area contributed by atoms with Gasteiger partial charge in [-0.3, -0.25) is 19.2 Å². The molecule has 5 rings (SSSR count). The monoisotopic (exact) mass is 627 g/mol. The van der Waals surface area contributed by atoms with E-state index in [1.54, 1.807) is 12.3 Å². The molecule has 1 aliphatic heterocycles. The van der Waals surface area contributed by atoms with Gasteiger partial charge in [0.25, 0.3) is 5.91 Å². The van der Waals surface area contributed by atoms with Crippen LogP contribution in [0.4, 0.5) is 10.6 Å². The SMILES string of the molecule is Cc1cccnc1NC(=O)[C@@H]1CCN(C(=O)OCc2ccccc2)N1C(=O)[C@H](CC1CCCC1)CN(C=O)OCc1ccccc1. The Morgan fingerprint density at radius 2 is 1.63 bits per heavy atom. The molecule has 0 bridgehead atoms. The molecule has 0 unspecified atom stereocenters. The van der Waals surface area contributed by atoms with Crippen molar-refractivity contribution in [1.29, 1.82) is 0 Å². The van der Waals surface area contributed by atoms with Crippen LogP contribution in [-0.2, 0) is 37.2 Å². The first-order chi connectivity index (χ1) is 22.4. The molecule has 0 spiro atoms. The number of nitrogens with zero attached hydrogens (tertiary/aromatic N) is 4. The molecule has 1 aliphatic carbocycles. The van der Waals surface area contributed by atoms with Crippen LogP contribution in [0.1, 0.15) is 55.2 Å². The number of pyridine rings is 1. The van der Waals surface area contributed by atoms with E-state index < -0.39 is 29.9 Å². The van der Waals surface area contributed by atoms with E-state index in [4.69, 9.17) is 9.57 Å². The Morgan fingerprint density at radius 1 is 0.957 bits per heavy atom. The molecule has 2 aliphatic rings. The summed E-state index contributed by atoms with van der Waals surface area (Å²) in [6.07, 6.45) is 6.22. The topological polar surface area (TPSA) is 121 Å². The second-order valence-electron chi connectivity index (χ2n) is 11.9. The van der Waals surface area contributed by atoms with E-state index in [2.05, 4.69) is 10.3 Å². The molecule has 3 aromatic rings. The summed E-state index contributed by atoms with van der Waals surface area (Å²) in [7, 11) is 0. The molecule has 1 aromatic heterocycles. The number of anilines is 1. The quantitative estimate of drug-likeness (QED) is 0.202. The van der Waals surface area contributed by atoms with Crippen LogP contribution < -0.4 is 5.32 Å². The maximum absolute atomic E-state index is 14.6. The highest BCUT2D eigenvalue weighted by Gasteiger charge is 2.46. The first kappa shape index (κ1) is 32.6. The number of benzene rings is 2. The molecule has 242 valence electrons. The van der Waals surface area contributed by atoms with Crippen molar-refractivity contribution in [2.45, 2.75) is 64.7 Å². The molecule has 2 heterocycles. The van der Waals surface area contributed by atoms with Gasteiger partial charge in [-0.15, -0.1) is 0 Å².